The molecule has 7 nitrogen and oxygen atoms in total. The van der Waals surface area contributed by atoms with Crippen molar-refractivity contribution < 1.29 is 23.1 Å². The van der Waals surface area contributed by atoms with Crippen LogP contribution >= 0.6 is 11.6 Å². The van der Waals surface area contributed by atoms with Gasteiger partial charge in [-0.1, -0.05) is 11.6 Å². The molecule has 2 aromatic rings. The topological polar surface area (TPSA) is 103 Å². The summed E-state index contributed by atoms with van der Waals surface area (Å²) in [7, 11) is -3.76. The number of hydrogen-bond donors (Lipinski definition) is 1. The van der Waals surface area contributed by atoms with Gasteiger partial charge >= 0.3 is 5.97 Å². The molecule has 0 amide bonds. The van der Waals surface area contributed by atoms with Crippen LogP contribution in [-0.2, 0) is 15.6 Å². The smallest absolute Gasteiger partial charge is 0.341 e. The van der Waals surface area contributed by atoms with Crippen LogP contribution in [0.5, 0.6) is 5.75 Å². The molecule has 0 bridgehead atoms. The number of hydrogen-bond acceptors (Lipinski definition) is 5. The van der Waals surface area contributed by atoms with E-state index in [0.29, 0.717) is 28.5 Å². The molecule has 1 aliphatic heterocycles. The summed E-state index contributed by atoms with van der Waals surface area (Å²) in [4.78, 5) is 24.5. The van der Waals surface area contributed by atoms with Crippen LogP contribution in [0.25, 0.3) is 11.3 Å². The minimum atomic E-state index is -3.76. The van der Waals surface area contributed by atoms with Gasteiger partial charge in [0.2, 0.25) is 0 Å². The molecule has 0 radical (unpaired) electrons. The first-order chi connectivity index (χ1) is 14.2. The van der Waals surface area contributed by atoms with E-state index in [1.807, 2.05) is 6.92 Å². The highest BCUT2D eigenvalue weighted by atomic mass is 35.5. The Hall–Kier alpha value is -2.32. The van der Waals surface area contributed by atoms with Crippen LogP contribution in [0.3, 0.4) is 0 Å². The SMILES string of the molecule is C[C@H](Oc1cc2c(cc1Cl)-c1c(cc(C(=O)O)c(=O)n1C1CC1)CS2(=O)=O)C1CC1. The Morgan fingerprint density at radius 2 is 1.93 bits per heavy atom. The number of ether oxygens (including phenoxy) is 1. The van der Waals surface area contributed by atoms with Crippen LogP contribution in [0.2, 0.25) is 5.02 Å². The predicted molar refractivity (Wildman–Crippen MR) is 110 cm³/mol. The van der Waals surface area contributed by atoms with Gasteiger partial charge in [-0.3, -0.25) is 4.79 Å². The first-order valence-corrected chi connectivity index (χ1v) is 12.0. The summed E-state index contributed by atoms with van der Waals surface area (Å²) in [6, 6.07) is 4.03. The normalized spacial score (nSPS) is 20.2. The van der Waals surface area contributed by atoms with Gasteiger partial charge in [-0.15, -0.1) is 0 Å². The summed E-state index contributed by atoms with van der Waals surface area (Å²) in [6.45, 7) is 1.94. The molecule has 30 heavy (non-hydrogen) atoms. The Labute approximate surface area is 178 Å². The van der Waals surface area contributed by atoms with Gasteiger partial charge in [-0.25, -0.2) is 13.2 Å². The van der Waals surface area contributed by atoms with Gasteiger partial charge in [0.1, 0.15) is 11.3 Å². The molecule has 2 saturated carbocycles. The highest BCUT2D eigenvalue weighted by molar-refractivity contribution is 7.90. The summed E-state index contributed by atoms with van der Waals surface area (Å²) in [5, 5.41) is 9.70. The second-order valence-electron chi connectivity index (χ2n) is 8.34. The molecular weight excluding hydrogens is 430 g/mol. The van der Waals surface area contributed by atoms with Crippen molar-refractivity contribution in [2.75, 3.05) is 0 Å². The number of benzene rings is 1. The Morgan fingerprint density at radius 1 is 1.23 bits per heavy atom. The van der Waals surface area contributed by atoms with E-state index in [9.17, 15) is 23.1 Å². The maximum absolute atomic E-state index is 13.1. The zero-order valence-corrected chi connectivity index (χ0v) is 17.8. The standard InChI is InChI=1S/C21H20ClNO6S/c1-10(11-2-3-11)29-17-8-18-14(7-16(17)22)19-12(9-30(18,27)28)6-15(21(25)26)20(24)23(19)13-4-5-13/h6-8,10-11,13H,2-5,9H2,1H3,(H,25,26)/t10-/m0/s1. The van der Waals surface area contributed by atoms with Crippen LogP contribution < -0.4 is 10.3 Å². The third kappa shape index (κ3) is 3.13. The van der Waals surface area contributed by atoms with E-state index in [-0.39, 0.29) is 27.8 Å². The molecule has 1 aromatic heterocycles. The summed E-state index contributed by atoms with van der Waals surface area (Å²) in [5.41, 5.74) is 0.0496. The number of pyridine rings is 1. The predicted octanol–water partition coefficient (Wildman–Crippen LogP) is 3.67. The van der Waals surface area contributed by atoms with Crippen molar-refractivity contribution in [3.63, 3.8) is 0 Å². The third-order valence-corrected chi connectivity index (χ3v) is 8.02. The number of rotatable bonds is 5. The number of carbonyl (C=O) groups is 1. The zero-order chi connectivity index (χ0) is 21.4. The quantitative estimate of drug-likeness (QED) is 0.747. The minimum Gasteiger partial charge on any atom is -0.489 e. The lowest BCUT2D eigenvalue weighted by atomic mass is 10.0. The van der Waals surface area contributed by atoms with Crippen molar-refractivity contribution in [2.24, 2.45) is 5.92 Å². The van der Waals surface area contributed by atoms with Crippen molar-refractivity contribution in [3.05, 3.63) is 44.7 Å². The molecule has 1 N–H and O–H groups in total. The summed E-state index contributed by atoms with van der Waals surface area (Å²) < 4.78 is 33.5. The van der Waals surface area contributed by atoms with E-state index in [2.05, 4.69) is 0 Å². The molecule has 5 rings (SSSR count). The Morgan fingerprint density at radius 3 is 2.53 bits per heavy atom. The van der Waals surface area contributed by atoms with Gasteiger partial charge in [0.15, 0.2) is 9.84 Å². The number of halogens is 1. The van der Waals surface area contributed by atoms with Crippen molar-refractivity contribution in [2.45, 2.75) is 55.4 Å². The van der Waals surface area contributed by atoms with Crippen LogP contribution in [0.15, 0.2) is 27.9 Å². The molecule has 0 unspecified atom stereocenters. The monoisotopic (exact) mass is 449 g/mol. The van der Waals surface area contributed by atoms with Crippen molar-refractivity contribution in [1.29, 1.82) is 0 Å². The fourth-order valence-corrected chi connectivity index (χ4v) is 5.92. The highest BCUT2D eigenvalue weighted by Gasteiger charge is 2.38. The van der Waals surface area contributed by atoms with Gasteiger partial charge in [0.25, 0.3) is 5.56 Å². The average Bonchev–Trinajstić information content (AvgIpc) is 3.54. The Kier molecular flexibility index (Phi) is 4.31. The van der Waals surface area contributed by atoms with E-state index >= 15 is 0 Å². The number of aromatic carboxylic acids is 1. The molecule has 2 fully saturated rings. The Balaban J connectivity index is 1.74. The van der Waals surface area contributed by atoms with Gasteiger partial charge in [0, 0.05) is 17.7 Å². The summed E-state index contributed by atoms with van der Waals surface area (Å²) >= 11 is 6.46. The number of carboxylic acids is 1. The van der Waals surface area contributed by atoms with Crippen molar-refractivity contribution in [3.8, 4) is 17.0 Å². The highest BCUT2D eigenvalue weighted by Crippen LogP contribution is 2.46. The van der Waals surface area contributed by atoms with Crippen LogP contribution in [0, 0.1) is 5.92 Å². The molecule has 2 heterocycles. The first-order valence-electron chi connectivity index (χ1n) is 9.92. The number of carboxylic acid groups (broad SMARTS) is 1. The molecule has 3 aliphatic rings. The zero-order valence-electron chi connectivity index (χ0n) is 16.2. The van der Waals surface area contributed by atoms with E-state index < -0.39 is 26.9 Å². The lowest BCUT2D eigenvalue weighted by Crippen LogP contribution is -2.30. The van der Waals surface area contributed by atoms with Crippen molar-refractivity contribution >= 4 is 27.4 Å². The van der Waals surface area contributed by atoms with Crippen LogP contribution in [0.1, 0.15) is 54.6 Å². The molecule has 2 aliphatic carbocycles. The van der Waals surface area contributed by atoms with Crippen LogP contribution in [0.4, 0.5) is 0 Å². The van der Waals surface area contributed by atoms with E-state index in [1.165, 1.54) is 22.8 Å². The molecule has 9 heteroatoms. The number of nitrogens with zero attached hydrogens (tertiary/aromatic N) is 1. The molecule has 0 saturated heterocycles. The second-order valence-corrected chi connectivity index (χ2v) is 10.7. The van der Waals surface area contributed by atoms with E-state index in [0.717, 1.165) is 25.7 Å². The van der Waals surface area contributed by atoms with Gasteiger partial charge in [-0.2, -0.15) is 0 Å². The maximum Gasteiger partial charge on any atom is 0.341 e. The molecule has 1 atom stereocenters. The van der Waals surface area contributed by atoms with E-state index in [1.54, 1.807) is 0 Å². The number of fused-ring (bicyclic) bond motifs is 3. The molecule has 0 spiro atoms. The van der Waals surface area contributed by atoms with Crippen LogP contribution in [-0.4, -0.2) is 30.2 Å². The average molecular weight is 450 g/mol. The van der Waals surface area contributed by atoms with E-state index in [4.69, 9.17) is 16.3 Å². The number of sulfone groups is 1. The fraction of sp³-hybridized carbons (Fsp3) is 0.429. The minimum absolute atomic E-state index is 0.0641. The largest absolute Gasteiger partial charge is 0.489 e. The maximum atomic E-state index is 13.1. The number of aromatic nitrogens is 1. The third-order valence-electron chi connectivity index (χ3n) is 6.02. The lowest BCUT2D eigenvalue weighted by molar-refractivity contribution is 0.0694. The molecular formula is C21H20ClNO6S. The lowest BCUT2D eigenvalue weighted by Gasteiger charge is -2.26. The van der Waals surface area contributed by atoms with Gasteiger partial charge in [-0.05, 0) is 56.2 Å². The molecule has 1 aromatic carbocycles. The Bertz CT molecular complexity index is 1260. The first kappa shape index (κ1) is 19.6. The fourth-order valence-electron chi connectivity index (χ4n) is 4.15. The summed E-state index contributed by atoms with van der Waals surface area (Å²) in [6.07, 6.45) is 3.57. The van der Waals surface area contributed by atoms with Gasteiger partial charge in [0.05, 0.1) is 27.5 Å². The second kappa shape index (κ2) is 6.59. The molecule has 158 valence electrons. The van der Waals surface area contributed by atoms with Gasteiger partial charge < -0.3 is 14.4 Å². The van der Waals surface area contributed by atoms with Crippen molar-refractivity contribution in [1.82, 2.24) is 4.57 Å². The summed E-state index contributed by atoms with van der Waals surface area (Å²) in [5.74, 6) is -0.980.